The van der Waals surface area contributed by atoms with Crippen molar-refractivity contribution in [2.45, 2.75) is 38.1 Å². The minimum atomic E-state index is -0.438. The average Bonchev–Trinajstić information content (AvgIpc) is 2.85. The molecule has 1 fully saturated rings. The minimum absolute atomic E-state index is 0.212. The van der Waals surface area contributed by atoms with E-state index < -0.39 is 6.03 Å². The third kappa shape index (κ3) is 4.04. The molecule has 2 aliphatic rings. The maximum Gasteiger partial charge on any atom is 0.341 e. The molecule has 7 heteroatoms. The number of hydrogen-bond acceptors (Lipinski definition) is 4. The summed E-state index contributed by atoms with van der Waals surface area (Å²) >= 11 is 0. The second-order valence-electron chi connectivity index (χ2n) is 8.04. The molecule has 2 aromatic rings. The molecule has 2 aromatic carbocycles. The lowest BCUT2D eigenvalue weighted by atomic mass is 9.81. The number of hydrazine groups is 1. The summed E-state index contributed by atoms with van der Waals surface area (Å²) in [5, 5.41) is 16.2. The Hall–Kier alpha value is -2.90. The maximum atomic E-state index is 13.2. The molecule has 0 aromatic heterocycles. The Morgan fingerprint density at radius 3 is 2.43 bits per heavy atom. The number of nitrogens with zero attached hydrogens (tertiary/aromatic N) is 3. The molecule has 4 rings (SSSR count). The monoisotopic (exact) mass is 408 g/mol. The zero-order valence-electron chi connectivity index (χ0n) is 17.2. The summed E-state index contributed by atoms with van der Waals surface area (Å²) in [7, 11) is 1.68. The van der Waals surface area contributed by atoms with Crippen molar-refractivity contribution in [3.05, 3.63) is 60.2 Å². The standard InChI is InChI=1S/C23H28N4O3/c1-25-20-15-9-8-14-19(20)22(17-10-4-2-5-11-17)27(30)26(23(25)29)16-21(28)24-18-12-6-3-7-13-18/h3,6-9,12-15,17,22,30H,2,4-5,10-11,16H2,1H3,(H,24,28). The van der Waals surface area contributed by atoms with Gasteiger partial charge >= 0.3 is 6.03 Å². The van der Waals surface area contributed by atoms with Crippen molar-refractivity contribution >= 4 is 23.3 Å². The molecule has 0 radical (unpaired) electrons. The number of urea groups is 1. The van der Waals surface area contributed by atoms with E-state index in [4.69, 9.17) is 0 Å². The van der Waals surface area contributed by atoms with Crippen LogP contribution in [0.25, 0.3) is 0 Å². The molecule has 1 unspecified atom stereocenters. The van der Waals surface area contributed by atoms with Gasteiger partial charge in [0, 0.05) is 12.7 Å². The van der Waals surface area contributed by atoms with E-state index in [9.17, 15) is 14.8 Å². The molecule has 30 heavy (non-hydrogen) atoms. The first-order valence-corrected chi connectivity index (χ1v) is 10.5. The zero-order chi connectivity index (χ0) is 21.1. The normalized spacial score (nSPS) is 20.6. The van der Waals surface area contributed by atoms with E-state index in [2.05, 4.69) is 5.32 Å². The lowest BCUT2D eigenvalue weighted by molar-refractivity contribution is -0.258. The number of rotatable bonds is 4. The molecular formula is C23H28N4O3. The average molecular weight is 409 g/mol. The Balaban J connectivity index is 1.64. The fourth-order valence-electron chi connectivity index (χ4n) is 4.57. The van der Waals surface area contributed by atoms with Crippen LogP contribution in [0.4, 0.5) is 16.2 Å². The molecular weight excluding hydrogens is 380 g/mol. The Bertz CT molecular complexity index is 898. The van der Waals surface area contributed by atoms with E-state index in [1.807, 2.05) is 42.5 Å². The van der Waals surface area contributed by atoms with Crippen LogP contribution >= 0.6 is 0 Å². The van der Waals surface area contributed by atoms with Crippen molar-refractivity contribution in [2.75, 3.05) is 23.8 Å². The van der Waals surface area contributed by atoms with Gasteiger partial charge in [0.2, 0.25) is 5.91 Å². The van der Waals surface area contributed by atoms with Gasteiger partial charge in [-0.05, 0) is 42.5 Å². The van der Waals surface area contributed by atoms with Crippen molar-refractivity contribution in [1.29, 1.82) is 0 Å². The van der Waals surface area contributed by atoms with Gasteiger partial charge < -0.3 is 5.32 Å². The highest BCUT2D eigenvalue weighted by Crippen LogP contribution is 2.43. The molecule has 0 saturated heterocycles. The van der Waals surface area contributed by atoms with Gasteiger partial charge in [0.25, 0.3) is 0 Å². The van der Waals surface area contributed by atoms with Crippen LogP contribution in [0.2, 0.25) is 0 Å². The predicted molar refractivity (Wildman–Crippen MR) is 115 cm³/mol. The molecule has 1 saturated carbocycles. The third-order valence-electron chi connectivity index (χ3n) is 6.07. The molecule has 2 N–H and O–H groups in total. The quantitative estimate of drug-likeness (QED) is 0.785. The Morgan fingerprint density at radius 2 is 1.70 bits per heavy atom. The highest BCUT2D eigenvalue weighted by Gasteiger charge is 2.41. The Kier molecular flexibility index (Phi) is 6.01. The number of benzene rings is 2. The smallest absolute Gasteiger partial charge is 0.324 e. The molecule has 3 amide bonds. The van der Waals surface area contributed by atoms with Crippen LogP contribution in [0.3, 0.4) is 0 Å². The largest absolute Gasteiger partial charge is 0.341 e. The van der Waals surface area contributed by atoms with Crippen molar-refractivity contribution < 1.29 is 14.8 Å². The number of nitrogens with one attached hydrogen (secondary N) is 1. The number of para-hydroxylation sites is 2. The van der Waals surface area contributed by atoms with Crippen molar-refractivity contribution in [3.63, 3.8) is 0 Å². The highest BCUT2D eigenvalue weighted by molar-refractivity contribution is 5.98. The van der Waals surface area contributed by atoms with Gasteiger partial charge in [-0.25, -0.2) is 9.80 Å². The molecule has 1 heterocycles. The second kappa shape index (κ2) is 8.85. The van der Waals surface area contributed by atoms with Crippen molar-refractivity contribution in [3.8, 4) is 0 Å². The summed E-state index contributed by atoms with van der Waals surface area (Å²) < 4.78 is 0. The Labute approximate surface area is 176 Å². The van der Waals surface area contributed by atoms with Crippen LogP contribution < -0.4 is 10.2 Å². The van der Waals surface area contributed by atoms with Crippen LogP contribution in [0.15, 0.2) is 54.6 Å². The van der Waals surface area contributed by atoms with E-state index >= 15 is 0 Å². The van der Waals surface area contributed by atoms with Gasteiger partial charge in [0.1, 0.15) is 6.54 Å². The lowest BCUT2D eigenvalue weighted by Gasteiger charge is -2.38. The topological polar surface area (TPSA) is 76.1 Å². The van der Waals surface area contributed by atoms with Crippen LogP contribution in [-0.4, -0.2) is 40.9 Å². The first kappa shape index (κ1) is 20.4. The van der Waals surface area contributed by atoms with E-state index in [1.165, 1.54) is 11.3 Å². The highest BCUT2D eigenvalue weighted by atomic mass is 16.6. The Morgan fingerprint density at radius 1 is 1.03 bits per heavy atom. The molecule has 158 valence electrons. The number of carbonyl (C=O) groups excluding carboxylic acids is 2. The van der Waals surface area contributed by atoms with Crippen molar-refractivity contribution in [1.82, 2.24) is 10.2 Å². The number of anilines is 2. The number of hydrogen-bond donors (Lipinski definition) is 2. The van der Waals surface area contributed by atoms with Gasteiger partial charge in [-0.1, -0.05) is 60.8 Å². The lowest BCUT2D eigenvalue weighted by Crippen LogP contribution is -2.53. The van der Waals surface area contributed by atoms with Crippen LogP contribution in [0.5, 0.6) is 0 Å². The molecule has 0 bridgehead atoms. The number of hydroxylamine groups is 1. The van der Waals surface area contributed by atoms with Gasteiger partial charge in [-0.3, -0.25) is 14.9 Å². The zero-order valence-corrected chi connectivity index (χ0v) is 17.2. The van der Waals surface area contributed by atoms with E-state index in [0.29, 0.717) is 5.69 Å². The SMILES string of the molecule is CN1C(=O)N(CC(=O)Nc2ccccc2)N(O)C(C2CCCCC2)c2ccccc21. The third-order valence-corrected chi connectivity index (χ3v) is 6.07. The molecule has 7 nitrogen and oxygen atoms in total. The molecule has 1 atom stereocenters. The number of amides is 3. The summed E-state index contributed by atoms with van der Waals surface area (Å²) in [6.45, 7) is -0.272. The second-order valence-corrected chi connectivity index (χ2v) is 8.04. The molecule has 1 aliphatic carbocycles. The van der Waals surface area contributed by atoms with Crippen LogP contribution in [-0.2, 0) is 4.79 Å². The van der Waals surface area contributed by atoms with E-state index in [1.54, 1.807) is 19.2 Å². The maximum absolute atomic E-state index is 13.2. The summed E-state index contributed by atoms with van der Waals surface area (Å²) in [6.07, 6.45) is 5.37. The van der Waals surface area contributed by atoms with E-state index in [0.717, 1.165) is 47.1 Å². The summed E-state index contributed by atoms with van der Waals surface area (Å²) in [6, 6.07) is 16.0. The minimum Gasteiger partial charge on any atom is -0.324 e. The van der Waals surface area contributed by atoms with Crippen LogP contribution in [0, 0.1) is 5.92 Å². The van der Waals surface area contributed by atoms with Gasteiger partial charge in [0.05, 0.1) is 11.7 Å². The van der Waals surface area contributed by atoms with Gasteiger partial charge in [0.15, 0.2) is 0 Å². The fraction of sp³-hybridized carbons (Fsp3) is 0.391. The van der Waals surface area contributed by atoms with Crippen molar-refractivity contribution in [2.24, 2.45) is 5.92 Å². The predicted octanol–water partition coefficient (Wildman–Crippen LogP) is 4.42. The summed E-state index contributed by atoms with van der Waals surface area (Å²) in [4.78, 5) is 27.4. The van der Waals surface area contributed by atoms with Crippen LogP contribution in [0.1, 0.15) is 43.7 Å². The van der Waals surface area contributed by atoms with Gasteiger partial charge in [-0.15, -0.1) is 0 Å². The number of carbonyl (C=O) groups is 2. The van der Waals surface area contributed by atoms with Gasteiger partial charge in [-0.2, -0.15) is 0 Å². The summed E-state index contributed by atoms with van der Waals surface area (Å²) in [5.41, 5.74) is 2.33. The molecule has 1 aliphatic heterocycles. The number of fused-ring (bicyclic) bond motifs is 1. The first-order valence-electron chi connectivity index (χ1n) is 10.5. The van der Waals surface area contributed by atoms with E-state index in [-0.39, 0.29) is 24.4 Å². The fourth-order valence-corrected chi connectivity index (χ4v) is 4.57. The summed E-state index contributed by atoms with van der Waals surface area (Å²) in [5.74, 6) is -0.153. The molecule has 0 spiro atoms. The first-order chi connectivity index (χ1) is 14.6.